The van der Waals surface area contributed by atoms with Gasteiger partial charge in [0.1, 0.15) is 12.0 Å². The van der Waals surface area contributed by atoms with Crippen LogP contribution in [0.5, 0.6) is 5.75 Å². The zero-order valence-corrected chi connectivity index (χ0v) is 20.2. The van der Waals surface area contributed by atoms with E-state index in [2.05, 4.69) is 29.1 Å². The number of thioether (sulfide) groups is 1. The third-order valence-corrected chi connectivity index (χ3v) is 7.57. The number of unbranched alkanes of at least 4 members (excludes halogenated alkanes) is 1. The Balaban J connectivity index is 0.000000628. The average molecular weight is 471 g/mol. The summed E-state index contributed by atoms with van der Waals surface area (Å²) in [5, 5.41) is 8.68. The molecule has 1 saturated carbocycles. The molecule has 0 radical (unpaired) electrons. The van der Waals surface area contributed by atoms with Crippen molar-refractivity contribution in [3.05, 3.63) is 24.2 Å². The summed E-state index contributed by atoms with van der Waals surface area (Å²) in [5.41, 5.74) is 1.20. The topological polar surface area (TPSA) is 62.2 Å². The number of carboxylic acids is 1. The lowest BCUT2D eigenvalue weighted by molar-refractivity contribution is -0.134. The number of hydrogen-bond donors (Lipinski definition) is 1. The van der Waals surface area contributed by atoms with Gasteiger partial charge in [0.25, 0.3) is 0 Å². The van der Waals surface area contributed by atoms with Gasteiger partial charge in [-0.25, -0.2) is 9.10 Å². The van der Waals surface area contributed by atoms with Gasteiger partial charge in [0.15, 0.2) is 0 Å². The van der Waals surface area contributed by atoms with E-state index in [1.54, 1.807) is 11.9 Å². The molecule has 31 heavy (non-hydrogen) atoms. The first-order valence-corrected chi connectivity index (χ1v) is 12.6. The number of hydrogen-bond acceptors (Lipinski definition) is 7. The van der Waals surface area contributed by atoms with Crippen molar-refractivity contribution in [2.24, 2.45) is 0 Å². The molecule has 3 aliphatic heterocycles. The van der Waals surface area contributed by atoms with Crippen LogP contribution in [0.3, 0.4) is 0 Å². The van der Waals surface area contributed by atoms with Crippen molar-refractivity contribution in [1.82, 2.24) is 4.31 Å². The molecule has 0 aromatic heterocycles. The quantitative estimate of drug-likeness (QED) is 0.264. The maximum absolute atomic E-state index is 13.3. The predicted molar refractivity (Wildman–Crippen MR) is 124 cm³/mol. The van der Waals surface area contributed by atoms with Crippen LogP contribution in [0.4, 0.5) is 10.1 Å². The molecule has 0 atom stereocenters. The molecular weight excluding hydrogens is 439 g/mol. The second kappa shape index (κ2) is 10.5. The summed E-state index contributed by atoms with van der Waals surface area (Å²) < 4.78 is 26.7. The van der Waals surface area contributed by atoms with Crippen molar-refractivity contribution in [2.75, 3.05) is 37.9 Å². The van der Waals surface area contributed by atoms with Gasteiger partial charge in [0, 0.05) is 13.1 Å². The highest BCUT2D eigenvalue weighted by molar-refractivity contribution is 7.98. The molecule has 0 unspecified atom stereocenters. The Labute approximate surface area is 192 Å². The molecular formula is C22H31FN2O4S2. The molecule has 3 heterocycles. The van der Waals surface area contributed by atoms with Crippen molar-refractivity contribution in [3.8, 4) is 5.75 Å². The normalized spacial score (nSPS) is 25.1. The van der Waals surface area contributed by atoms with Gasteiger partial charge in [0.05, 0.1) is 33.7 Å². The van der Waals surface area contributed by atoms with Crippen LogP contribution < -0.4 is 9.64 Å². The monoisotopic (exact) mass is 470 g/mol. The molecule has 0 spiro atoms. The Kier molecular flexibility index (Phi) is 8.18. The molecule has 172 valence electrons. The number of aliphatic carboxylic acids is 1. The lowest BCUT2D eigenvalue weighted by Gasteiger charge is -2.46. The molecule has 4 aliphatic rings. The van der Waals surface area contributed by atoms with Gasteiger partial charge in [0.2, 0.25) is 5.83 Å². The number of fused-ring (bicyclic) bond motifs is 2. The van der Waals surface area contributed by atoms with E-state index in [-0.39, 0.29) is 5.54 Å². The van der Waals surface area contributed by atoms with E-state index in [9.17, 15) is 9.18 Å². The van der Waals surface area contributed by atoms with Crippen molar-refractivity contribution in [3.63, 3.8) is 0 Å². The lowest BCUT2D eigenvalue weighted by Crippen LogP contribution is -2.56. The molecule has 5 rings (SSSR count). The molecule has 1 N–H and O–H groups in total. The summed E-state index contributed by atoms with van der Waals surface area (Å²) in [5.74, 6) is -2.52. The second-order valence-corrected chi connectivity index (χ2v) is 10.1. The predicted octanol–water partition coefficient (Wildman–Crippen LogP) is 5.18. The van der Waals surface area contributed by atoms with Crippen molar-refractivity contribution in [1.29, 1.82) is 0 Å². The third kappa shape index (κ3) is 5.32. The van der Waals surface area contributed by atoms with Crippen LogP contribution in [-0.2, 0) is 9.53 Å². The second-order valence-electron chi connectivity index (χ2n) is 8.02. The summed E-state index contributed by atoms with van der Waals surface area (Å²) in [7, 11) is 2.04. The van der Waals surface area contributed by atoms with E-state index >= 15 is 0 Å². The van der Waals surface area contributed by atoms with Crippen LogP contribution >= 0.6 is 23.7 Å². The maximum atomic E-state index is 13.3. The molecule has 3 fully saturated rings. The van der Waals surface area contributed by atoms with E-state index in [1.165, 1.54) is 24.6 Å². The van der Waals surface area contributed by atoms with E-state index in [4.69, 9.17) is 14.6 Å². The van der Waals surface area contributed by atoms with E-state index in [0.29, 0.717) is 18.1 Å². The molecule has 9 heteroatoms. The molecule has 1 aromatic rings. The minimum Gasteiger partial charge on any atom is -0.476 e. The molecule has 1 aromatic carbocycles. The fourth-order valence-corrected chi connectivity index (χ4v) is 5.36. The number of rotatable bonds is 6. The number of benzene rings is 1. The highest BCUT2D eigenvalue weighted by atomic mass is 32.2. The Hall–Kier alpha value is -1.42. The highest BCUT2D eigenvalue weighted by Crippen LogP contribution is 2.52. The molecule has 2 bridgehead atoms. The largest absolute Gasteiger partial charge is 0.476 e. The van der Waals surface area contributed by atoms with E-state index in [0.717, 1.165) is 48.0 Å². The summed E-state index contributed by atoms with van der Waals surface area (Å²) >= 11 is 3.10. The number of anilines is 1. The summed E-state index contributed by atoms with van der Waals surface area (Å²) in [4.78, 5) is 15.0. The van der Waals surface area contributed by atoms with Gasteiger partial charge >= 0.3 is 5.97 Å². The number of likely N-dealkylation sites (N-methyl/N-ethyl adjacent to an activating group) is 1. The average Bonchev–Trinajstić information content (AvgIpc) is 3.30. The van der Waals surface area contributed by atoms with Gasteiger partial charge in [-0.2, -0.15) is 4.39 Å². The smallest absolute Gasteiger partial charge is 0.368 e. The third-order valence-electron chi connectivity index (χ3n) is 5.80. The van der Waals surface area contributed by atoms with Crippen molar-refractivity contribution < 1.29 is 23.8 Å². The van der Waals surface area contributed by atoms with Gasteiger partial charge in [-0.3, -0.25) is 0 Å². The number of halogens is 1. The molecule has 1 aliphatic carbocycles. The highest BCUT2D eigenvalue weighted by Gasteiger charge is 2.56. The first-order valence-electron chi connectivity index (χ1n) is 10.6. The van der Waals surface area contributed by atoms with Crippen molar-refractivity contribution >= 4 is 35.4 Å². The van der Waals surface area contributed by atoms with E-state index in [1.807, 2.05) is 19.4 Å². The lowest BCUT2D eigenvalue weighted by atomic mass is 9.76. The number of carbonyl (C=O) groups is 1. The Morgan fingerprint density at radius 2 is 2.10 bits per heavy atom. The zero-order valence-electron chi connectivity index (χ0n) is 18.5. The van der Waals surface area contributed by atoms with Crippen LogP contribution in [0.2, 0.25) is 0 Å². The fourth-order valence-electron chi connectivity index (χ4n) is 3.89. The summed E-state index contributed by atoms with van der Waals surface area (Å²) in [6.45, 7) is 6.93. The van der Waals surface area contributed by atoms with Crippen LogP contribution in [0, 0.1) is 0 Å². The van der Waals surface area contributed by atoms with Crippen LogP contribution in [0.15, 0.2) is 34.0 Å². The van der Waals surface area contributed by atoms with Crippen molar-refractivity contribution in [2.45, 2.75) is 61.0 Å². The van der Waals surface area contributed by atoms with Crippen LogP contribution in [0.1, 0.15) is 39.5 Å². The molecule has 6 nitrogen and oxygen atoms in total. The first kappa shape index (κ1) is 24.2. The number of carboxylic acid groups (broad SMARTS) is 1. The van der Waals surface area contributed by atoms with Crippen LogP contribution in [0.25, 0.3) is 0 Å². The van der Waals surface area contributed by atoms with Gasteiger partial charge in [-0.15, -0.1) is 11.8 Å². The Morgan fingerprint density at radius 1 is 1.39 bits per heavy atom. The van der Waals surface area contributed by atoms with Crippen LogP contribution in [-0.4, -0.2) is 60.0 Å². The fraction of sp³-hybridized carbons (Fsp3) is 0.591. The summed E-state index contributed by atoms with van der Waals surface area (Å²) in [6, 6.07) is 3.93. The zero-order chi connectivity index (χ0) is 22.6. The minimum absolute atomic E-state index is 0.0680. The van der Waals surface area contributed by atoms with Gasteiger partial charge < -0.3 is 19.5 Å². The maximum Gasteiger partial charge on any atom is 0.368 e. The van der Waals surface area contributed by atoms with Gasteiger partial charge in [-0.1, -0.05) is 26.7 Å². The SMILES string of the molecule is CCCC.CSc1cc2c(cc1O/C=C(\F)C(=O)O)SN(C)CCN2C12COC(C1)C2. The Morgan fingerprint density at radius 3 is 2.65 bits per heavy atom. The van der Waals surface area contributed by atoms with E-state index < -0.39 is 11.8 Å². The number of ether oxygens (including phenoxy) is 2. The minimum atomic E-state index is -1.64. The summed E-state index contributed by atoms with van der Waals surface area (Å²) in [6.07, 6.45) is 7.70. The molecule has 2 saturated heterocycles. The number of nitrogens with zero attached hydrogens (tertiary/aromatic N) is 2. The van der Waals surface area contributed by atoms with Gasteiger partial charge in [-0.05, 0) is 50.2 Å². The molecule has 0 amide bonds. The standard InChI is InChI=1S/C18H21FN2O4S2.C4H10/c1-20-3-4-21(18-7-11(8-18)25-10-18)13-5-16(26-2)14(6-15(13)27-20)24-9-12(19)17(22)23;1-3-4-2/h5-6,9,11H,3-4,7-8,10H2,1-2H3,(H,22,23);3-4H2,1-2H3/b12-9-;. The first-order chi connectivity index (χ1) is 14.8. The Bertz CT molecular complexity index is 822.